The standard InChI is InChI=1S/C10H19F3N2O/c11-10(12,13)4-1-5-15-7-9-3-2-8(6-14)16-9/h8-9,15H,1-7,14H2. The highest BCUT2D eigenvalue weighted by Crippen LogP contribution is 2.21. The normalized spacial score (nSPS) is 26.2. The molecule has 0 saturated carbocycles. The van der Waals surface area contributed by atoms with Gasteiger partial charge in [0.25, 0.3) is 0 Å². The summed E-state index contributed by atoms with van der Waals surface area (Å²) in [6, 6.07) is 0. The number of rotatable bonds is 6. The summed E-state index contributed by atoms with van der Waals surface area (Å²) in [6.07, 6.45) is -2.52. The molecule has 0 radical (unpaired) electrons. The van der Waals surface area contributed by atoms with Gasteiger partial charge >= 0.3 is 6.18 Å². The third kappa shape index (κ3) is 5.67. The topological polar surface area (TPSA) is 47.3 Å². The number of hydrogen-bond donors (Lipinski definition) is 2. The van der Waals surface area contributed by atoms with Crippen molar-refractivity contribution in [2.45, 2.75) is 44.1 Å². The fourth-order valence-electron chi connectivity index (χ4n) is 1.78. The maximum atomic E-state index is 11.8. The van der Waals surface area contributed by atoms with Crippen LogP contribution in [0.2, 0.25) is 0 Å². The molecule has 0 aromatic heterocycles. The quantitative estimate of drug-likeness (QED) is 0.690. The van der Waals surface area contributed by atoms with Crippen LogP contribution >= 0.6 is 0 Å². The maximum Gasteiger partial charge on any atom is 0.389 e. The van der Waals surface area contributed by atoms with E-state index in [1.807, 2.05) is 0 Å². The smallest absolute Gasteiger partial charge is 0.372 e. The Bertz CT molecular complexity index is 199. The zero-order valence-electron chi connectivity index (χ0n) is 9.22. The summed E-state index contributed by atoms with van der Waals surface area (Å²) >= 11 is 0. The Balaban J connectivity index is 1.96. The first-order valence-electron chi connectivity index (χ1n) is 5.64. The highest BCUT2D eigenvalue weighted by atomic mass is 19.4. The molecule has 16 heavy (non-hydrogen) atoms. The van der Waals surface area contributed by atoms with Crippen molar-refractivity contribution in [1.82, 2.24) is 5.32 Å². The van der Waals surface area contributed by atoms with Crippen LogP contribution in [0.5, 0.6) is 0 Å². The zero-order chi connectivity index (χ0) is 12.0. The molecular weight excluding hydrogens is 221 g/mol. The van der Waals surface area contributed by atoms with Gasteiger partial charge in [-0.05, 0) is 25.8 Å². The Morgan fingerprint density at radius 2 is 1.94 bits per heavy atom. The van der Waals surface area contributed by atoms with Crippen molar-refractivity contribution in [2.75, 3.05) is 19.6 Å². The molecule has 0 aliphatic carbocycles. The Labute approximate surface area is 93.5 Å². The Morgan fingerprint density at radius 1 is 1.25 bits per heavy atom. The van der Waals surface area contributed by atoms with E-state index in [4.69, 9.17) is 10.5 Å². The molecule has 1 aliphatic rings. The molecule has 1 saturated heterocycles. The first kappa shape index (κ1) is 13.7. The predicted octanol–water partition coefficient (Wildman–Crippen LogP) is 1.42. The lowest BCUT2D eigenvalue weighted by Gasteiger charge is -2.13. The van der Waals surface area contributed by atoms with Crippen LogP contribution in [0.4, 0.5) is 13.2 Å². The second kappa shape index (κ2) is 6.42. The first-order valence-corrected chi connectivity index (χ1v) is 5.64. The Kier molecular flexibility index (Phi) is 5.51. The molecule has 0 bridgehead atoms. The average Bonchev–Trinajstić information content (AvgIpc) is 2.63. The van der Waals surface area contributed by atoms with Crippen LogP contribution in [-0.4, -0.2) is 38.0 Å². The third-order valence-corrected chi connectivity index (χ3v) is 2.64. The molecule has 0 aromatic rings. The molecule has 6 heteroatoms. The number of nitrogens with two attached hydrogens (primary N) is 1. The molecule has 3 N–H and O–H groups in total. The molecule has 1 aliphatic heterocycles. The largest absolute Gasteiger partial charge is 0.389 e. The number of halogens is 3. The first-order chi connectivity index (χ1) is 7.51. The molecule has 2 atom stereocenters. The van der Waals surface area contributed by atoms with E-state index in [0.717, 1.165) is 12.8 Å². The van der Waals surface area contributed by atoms with Gasteiger partial charge in [-0.15, -0.1) is 0 Å². The van der Waals surface area contributed by atoms with Crippen LogP contribution in [0.1, 0.15) is 25.7 Å². The lowest BCUT2D eigenvalue weighted by Crippen LogP contribution is -2.29. The molecule has 1 fully saturated rings. The van der Waals surface area contributed by atoms with E-state index in [2.05, 4.69) is 5.32 Å². The fourth-order valence-corrected chi connectivity index (χ4v) is 1.78. The van der Waals surface area contributed by atoms with Crippen LogP contribution in [0.3, 0.4) is 0 Å². The van der Waals surface area contributed by atoms with Gasteiger partial charge in [0.15, 0.2) is 0 Å². The van der Waals surface area contributed by atoms with Gasteiger partial charge in [0.2, 0.25) is 0 Å². The lowest BCUT2D eigenvalue weighted by atomic mass is 10.2. The van der Waals surface area contributed by atoms with Crippen molar-refractivity contribution in [2.24, 2.45) is 5.73 Å². The minimum absolute atomic E-state index is 0.111. The van der Waals surface area contributed by atoms with E-state index in [1.165, 1.54) is 0 Å². The molecule has 3 nitrogen and oxygen atoms in total. The van der Waals surface area contributed by atoms with Gasteiger partial charge in [-0.1, -0.05) is 0 Å². The molecule has 1 heterocycles. The van der Waals surface area contributed by atoms with Crippen molar-refractivity contribution in [1.29, 1.82) is 0 Å². The summed E-state index contributed by atoms with van der Waals surface area (Å²) in [4.78, 5) is 0. The maximum absolute atomic E-state index is 11.8. The van der Waals surface area contributed by atoms with E-state index in [9.17, 15) is 13.2 Å². The molecule has 1 rings (SSSR count). The van der Waals surface area contributed by atoms with Gasteiger partial charge in [-0.2, -0.15) is 13.2 Å². The van der Waals surface area contributed by atoms with Crippen molar-refractivity contribution >= 4 is 0 Å². The molecule has 0 aromatic carbocycles. The summed E-state index contributed by atoms with van der Waals surface area (Å²) < 4.78 is 41.0. The van der Waals surface area contributed by atoms with Gasteiger partial charge in [0, 0.05) is 19.5 Å². The van der Waals surface area contributed by atoms with Crippen LogP contribution in [0.25, 0.3) is 0 Å². The summed E-state index contributed by atoms with van der Waals surface area (Å²) in [5.41, 5.74) is 5.45. The fraction of sp³-hybridized carbons (Fsp3) is 1.00. The number of nitrogens with one attached hydrogen (secondary N) is 1. The lowest BCUT2D eigenvalue weighted by molar-refractivity contribution is -0.135. The van der Waals surface area contributed by atoms with E-state index < -0.39 is 12.6 Å². The SMILES string of the molecule is NCC1CCC(CNCCCC(F)(F)F)O1. The molecule has 2 unspecified atom stereocenters. The molecule has 0 amide bonds. The number of ether oxygens (including phenoxy) is 1. The Morgan fingerprint density at radius 3 is 2.50 bits per heavy atom. The average molecular weight is 240 g/mol. The van der Waals surface area contributed by atoms with Gasteiger partial charge in [0.05, 0.1) is 12.2 Å². The predicted molar refractivity (Wildman–Crippen MR) is 55.1 cm³/mol. The van der Waals surface area contributed by atoms with Crippen molar-refractivity contribution < 1.29 is 17.9 Å². The van der Waals surface area contributed by atoms with E-state index in [1.54, 1.807) is 0 Å². The number of hydrogen-bond acceptors (Lipinski definition) is 3. The molecular formula is C10H19F3N2O. The van der Waals surface area contributed by atoms with E-state index in [-0.39, 0.29) is 18.6 Å². The van der Waals surface area contributed by atoms with Gasteiger partial charge in [0.1, 0.15) is 0 Å². The highest BCUT2D eigenvalue weighted by Gasteiger charge is 2.26. The van der Waals surface area contributed by atoms with Gasteiger partial charge in [-0.3, -0.25) is 0 Å². The van der Waals surface area contributed by atoms with Crippen LogP contribution < -0.4 is 11.1 Å². The van der Waals surface area contributed by atoms with Crippen molar-refractivity contribution in [3.05, 3.63) is 0 Å². The number of alkyl halides is 3. The Hall–Kier alpha value is -0.330. The van der Waals surface area contributed by atoms with Crippen molar-refractivity contribution in [3.63, 3.8) is 0 Å². The summed E-state index contributed by atoms with van der Waals surface area (Å²) in [7, 11) is 0. The second-order valence-electron chi connectivity index (χ2n) is 4.12. The molecule has 96 valence electrons. The zero-order valence-corrected chi connectivity index (χ0v) is 9.22. The second-order valence-corrected chi connectivity index (χ2v) is 4.12. The van der Waals surface area contributed by atoms with Crippen LogP contribution in [0.15, 0.2) is 0 Å². The van der Waals surface area contributed by atoms with Crippen LogP contribution in [0, 0.1) is 0 Å². The summed E-state index contributed by atoms with van der Waals surface area (Å²) in [6.45, 7) is 1.52. The van der Waals surface area contributed by atoms with Gasteiger partial charge in [-0.25, -0.2) is 0 Å². The minimum Gasteiger partial charge on any atom is -0.372 e. The monoisotopic (exact) mass is 240 g/mol. The highest BCUT2D eigenvalue weighted by molar-refractivity contribution is 4.75. The minimum atomic E-state index is -4.05. The summed E-state index contributed by atoms with van der Waals surface area (Å²) in [5.74, 6) is 0. The molecule has 0 spiro atoms. The van der Waals surface area contributed by atoms with E-state index in [0.29, 0.717) is 19.6 Å². The van der Waals surface area contributed by atoms with Crippen molar-refractivity contribution in [3.8, 4) is 0 Å². The van der Waals surface area contributed by atoms with E-state index >= 15 is 0 Å². The van der Waals surface area contributed by atoms with Gasteiger partial charge < -0.3 is 15.8 Å². The van der Waals surface area contributed by atoms with Crippen LogP contribution in [-0.2, 0) is 4.74 Å². The summed E-state index contributed by atoms with van der Waals surface area (Å²) in [5, 5.41) is 2.98. The third-order valence-electron chi connectivity index (χ3n) is 2.64.